The van der Waals surface area contributed by atoms with Gasteiger partial charge in [0, 0.05) is 0 Å². The summed E-state index contributed by atoms with van der Waals surface area (Å²) in [7, 11) is 0. The Labute approximate surface area is 200 Å². The third kappa shape index (κ3) is 13.1. The van der Waals surface area contributed by atoms with E-state index >= 15 is 0 Å². The van der Waals surface area contributed by atoms with Gasteiger partial charge in [0.15, 0.2) is 0 Å². The molecule has 1 atom stereocenters. The van der Waals surface area contributed by atoms with E-state index in [-0.39, 0.29) is 0 Å². The lowest BCUT2D eigenvalue weighted by Gasteiger charge is -2.04. The highest BCUT2D eigenvalue weighted by molar-refractivity contribution is 5.88. The maximum absolute atomic E-state index is 2.39. The minimum Gasteiger partial charge on any atom is -0.0883 e. The van der Waals surface area contributed by atoms with Gasteiger partial charge < -0.3 is 0 Å². The molecule has 2 aromatic carbocycles. The molecular formula is C32H52. The largest absolute Gasteiger partial charge is 0.0883 e. The van der Waals surface area contributed by atoms with Crippen molar-refractivity contribution >= 4 is 10.8 Å². The lowest BCUT2D eigenvalue weighted by Crippen LogP contribution is -1.84. The molecule has 0 N–H and O–H groups in total. The standard InChI is InChI=1S/C20H40.C12H12/c1-4-6-7-8-9-10-11-12-13-14-15-16-17-18-19-20(3)5-2;1-9-5-3-7-11-8-4-6-10(2)12(9)11/h18-20H,4-17H2,1-3H3;3-8H,1-2H3/b19-18+;. The van der Waals surface area contributed by atoms with Crippen LogP contribution in [0.5, 0.6) is 0 Å². The number of allylic oxidation sites excluding steroid dienone is 2. The third-order valence-corrected chi connectivity index (χ3v) is 6.65. The zero-order valence-corrected chi connectivity index (χ0v) is 22.1. The molecular weight excluding hydrogens is 384 g/mol. The van der Waals surface area contributed by atoms with Crippen molar-refractivity contribution in [2.45, 2.75) is 125 Å². The Morgan fingerprint density at radius 1 is 0.656 bits per heavy atom. The second-order valence-electron chi connectivity index (χ2n) is 9.74. The first-order valence-electron chi connectivity index (χ1n) is 13.7. The van der Waals surface area contributed by atoms with Crippen molar-refractivity contribution < 1.29 is 0 Å². The van der Waals surface area contributed by atoms with Crippen LogP contribution in [0.2, 0.25) is 0 Å². The summed E-state index contributed by atoms with van der Waals surface area (Å²) < 4.78 is 0. The predicted molar refractivity (Wildman–Crippen MR) is 148 cm³/mol. The molecule has 32 heavy (non-hydrogen) atoms. The predicted octanol–water partition coefficient (Wildman–Crippen LogP) is 11.1. The van der Waals surface area contributed by atoms with Gasteiger partial charge in [0.2, 0.25) is 0 Å². The SMILES string of the molecule is CCCCCCCCCCCCCC/C=C/C(C)CC.Cc1cccc2cccc(C)c12. The summed E-state index contributed by atoms with van der Waals surface area (Å²) in [5.41, 5.74) is 2.73. The highest BCUT2D eigenvalue weighted by Gasteiger charge is 1.98. The summed E-state index contributed by atoms with van der Waals surface area (Å²) in [5.74, 6) is 0.771. The van der Waals surface area contributed by atoms with E-state index in [1.54, 1.807) is 0 Å². The van der Waals surface area contributed by atoms with Gasteiger partial charge in [0.25, 0.3) is 0 Å². The van der Waals surface area contributed by atoms with Crippen molar-refractivity contribution in [3.05, 3.63) is 59.7 Å². The van der Waals surface area contributed by atoms with Crippen molar-refractivity contribution in [1.82, 2.24) is 0 Å². The molecule has 0 aliphatic rings. The van der Waals surface area contributed by atoms with Gasteiger partial charge in [0.1, 0.15) is 0 Å². The van der Waals surface area contributed by atoms with Gasteiger partial charge in [-0.2, -0.15) is 0 Å². The number of hydrogen-bond acceptors (Lipinski definition) is 0. The molecule has 0 saturated heterocycles. The molecule has 2 aromatic rings. The first kappa shape index (κ1) is 28.5. The highest BCUT2D eigenvalue weighted by atomic mass is 14.0. The minimum absolute atomic E-state index is 0.771. The average molecular weight is 437 g/mol. The molecule has 0 bridgehead atoms. The van der Waals surface area contributed by atoms with Crippen molar-refractivity contribution in [2.75, 3.05) is 0 Å². The summed E-state index contributed by atoms with van der Waals surface area (Å²) in [5, 5.41) is 2.75. The Balaban J connectivity index is 0.000000357. The number of fused-ring (bicyclic) bond motifs is 1. The van der Waals surface area contributed by atoms with Crippen LogP contribution in [0.4, 0.5) is 0 Å². The van der Waals surface area contributed by atoms with E-state index in [1.807, 2.05) is 0 Å². The molecule has 0 fully saturated rings. The molecule has 0 aliphatic heterocycles. The summed E-state index contributed by atoms with van der Waals surface area (Å²) in [6.07, 6.45) is 24.7. The van der Waals surface area contributed by atoms with Crippen LogP contribution in [0.25, 0.3) is 10.8 Å². The van der Waals surface area contributed by atoms with E-state index in [9.17, 15) is 0 Å². The molecule has 0 heterocycles. The van der Waals surface area contributed by atoms with E-state index < -0.39 is 0 Å². The molecule has 1 unspecified atom stereocenters. The topological polar surface area (TPSA) is 0 Å². The maximum Gasteiger partial charge on any atom is -0.0125 e. The Morgan fingerprint density at radius 2 is 1.12 bits per heavy atom. The van der Waals surface area contributed by atoms with Crippen LogP contribution in [0, 0.1) is 19.8 Å². The van der Waals surface area contributed by atoms with Gasteiger partial charge in [-0.1, -0.05) is 146 Å². The molecule has 0 radical (unpaired) electrons. The van der Waals surface area contributed by atoms with Crippen LogP contribution in [-0.4, -0.2) is 0 Å². The van der Waals surface area contributed by atoms with Gasteiger partial charge in [-0.25, -0.2) is 0 Å². The van der Waals surface area contributed by atoms with Crippen molar-refractivity contribution in [3.8, 4) is 0 Å². The summed E-state index contributed by atoms with van der Waals surface area (Å²) >= 11 is 0. The molecule has 0 amide bonds. The van der Waals surface area contributed by atoms with Gasteiger partial charge in [-0.05, 0) is 54.5 Å². The van der Waals surface area contributed by atoms with Crippen LogP contribution in [0.3, 0.4) is 0 Å². The van der Waals surface area contributed by atoms with Crippen molar-refractivity contribution in [3.63, 3.8) is 0 Å². The summed E-state index contributed by atoms with van der Waals surface area (Å²) in [6, 6.07) is 12.9. The van der Waals surface area contributed by atoms with Crippen LogP contribution in [0.1, 0.15) is 122 Å². The molecule has 0 aromatic heterocycles. The van der Waals surface area contributed by atoms with Crippen molar-refractivity contribution in [1.29, 1.82) is 0 Å². The lowest BCUT2D eigenvalue weighted by molar-refractivity contribution is 0.544. The summed E-state index contributed by atoms with van der Waals surface area (Å²) in [6.45, 7) is 11.2. The normalized spacial score (nSPS) is 12.2. The quantitative estimate of drug-likeness (QED) is 0.192. The average Bonchev–Trinajstić information content (AvgIpc) is 2.79. The first-order chi connectivity index (χ1) is 15.6. The van der Waals surface area contributed by atoms with E-state index in [0.717, 1.165) is 5.92 Å². The number of benzene rings is 2. The van der Waals surface area contributed by atoms with Crippen molar-refractivity contribution in [2.24, 2.45) is 5.92 Å². The molecule has 0 aliphatic carbocycles. The molecule has 0 nitrogen and oxygen atoms in total. The van der Waals surface area contributed by atoms with Gasteiger partial charge in [-0.3, -0.25) is 0 Å². The van der Waals surface area contributed by atoms with E-state index in [0.29, 0.717) is 0 Å². The van der Waals surface area contributed by atoms with E-state index in [4.69, 9.17) is 0 Å². The fourth-order valence-electron chi connectivity index (χ4n) is 4.32. The Kier molecular flexibility index (Phi) is 16.9. The maximum atomic E-state index is 2.39. The number of aryl methyl sites for hydroxylation is 2. The number of hydrogen-bond donors (Lipinski definition) is 0. The zero-order chi connectivity index (χ0) is 23.4. The Hall–Kier alpha value is -1.56. The minimum atomic E-state index is 0.771. The molecule has 180 valence electrons. The molecule has 0 heteroatoms. The van der Waals surface area contributed by atoms with E-state index in [2.05, 4.69) is 83.2 Å². The smallest absolute Gasteiger partial charge is 0.0125 e. The molecule has 0 saturated carbocycles. The Morgan fingerprint density at radius 3 is 1.56 bits per heavy atom. The second-order valence-corrected chi connectivity index (χ2v) is 9.74. The van der Waals surface area contributed by atoms with Crippen LogP contribution < -0.4 is 0 Å². The second kappa shape index (κ2) is 19.0. The van der Waals surface area contributed by atoms with Gasteiger partial charge >= 0.3 is 0 Å². The molecule has 2 rings (SSSR count). The fraction of sp³-hybridized carbons (Fsp3) is 0.625. The van der Waals surface area contributed by atoms with Gasteiger partial charge in [0.05, 0.1) is 0 Å². The monoisotopic (exact) mass is 436 g/mol. The number of rotatable bonds is 15. The first-order valence-corrected chi connectivity index (χ1v) is 13.7. The van der Waals surface area contributed by atoms with Crippen LogP contribution in [0.15, 0.2) is 48.6 Å². The summed E-state index contributed by atoms with van der Waals surface area (Å²) in [4.78, 5) is 0. The van der Waals surface area contributed by atoms with Crippen LogP contribution in [-0.2, 0) is 0 Å². The fourth-order valence-corrected chi connectivity index (χ4v) is 4.32. The zero-order valence-electron chi connectivity index (χ0n) is 22.1. The Bertz CT molecular complexity index is 687. The third-order valence-electron chi connectivity index (χ3n) is 6.65. The lowest BCUT2D eigenvalue weighted by atomic mass is 10.0. The highest BCUT2D eigenvalue weighted by Crippen LogP contribution is 2.21. The number of unbranched alkanes of at least 4 members (excludes halogenated alkanes) is 12. The molecule has 0 spiro atoms. The van der Waals surface area contributed by atoms with Gasteiger partial charge in [-0.15, -0.1) is 0 Å². The van der Waals surface area contributed by atoms with Crippen LogP contribution >= 0.6 is 0 Å². The van der Waals surface area contributed by atoms with E-state index in [1.165, 1.54) is 112 Å².